The lowest BCUT2D eigenvalue weighted by Crippen LogP contribution is -2.41. The Hall–Kier alpha value is -1.61. The summed E-state index contributed by atoms with van der Waals surface area (Å²) in [7, 11) is 1.87. The van der Waals surface area contributed by atoms with Gasteiger partial charge in [0.05, 0.1) is 18.0 Å². The minimum Gasteiger partial charge on any atom is -0.381 e. The standard InChI is InChI=1S/C21H29N5O.HI/c1-16-19(17(2)26(24-16)18-7-5-4-6-8-18)13-23-20(22-3)25-11-9-21(14-25)10-12-27-15-21;/h4-8H,9-15H2,1-3H3,(H,22,23);1H. The quantitative estimate of drug-likeness (QED) is 0.404. The molecule has 2 fully saturated rings. The van der Waals surface area contributed by atoms with Gasteiger partial charge in [-0.1, -0.05) is 18.2 Å². The Morgan fingerprint density at radius 1 is 1.25 bits per heavy atom. The maximum atomic E-state index is 5.65. The molecule has 1 spiro atoms. The van der Waals surface area contributed by atoms with Gasteiger partial charge in [-0.2, -0.15) is 5.10 Å². The number of hydrogen-bond donors (Lipinski definition) is 1. The van der Waals surface area contributed by atoms with Crippen LogP contribution >= 0.6 is 24.0 Å². The average Bonchev–Trinajstić information content (AvgIpc) is 3.39. The summed E-state index contributed by atoms with van der Waals surface area (Å²) < 4.78 is 7.68. The average molecular weight is 495 g/mol. The Morgan fingerprint density at radius 2 is 2.04 bits per heavy atom. The van der Waals surface area contributed by atoms with Gasteiger partial charge in [0.15, 0.2) is 5.96 Å². The SMILES string of the molecule is CN=C(NCc1c(C)nn(-c2ccccc2)c1C)N1CCC2(CCOC2)C1.I. The highest BCUT2D eigenvalue weighted by Crippen LogP contribution is 2.38. The molecule has 152 valence electrons. The number of nitrogens with one attached hydrogen (secondary N) is 1. The van der Waals surface area contributed by atoms with Gasteiger partial charge in [-0.25, -0.2) is 4.68 Å². The van der Waals surface area contributed by atoms with Crippen molar-refractivity contribution in [3.05, 3.63) is 47.3 Å². The molecule has 2 aliphatic heterocycles. The number of ether oxygens (including phenoxy) is 1. The van der Waals surface area contributed by atoms with Crippen molar-refractivity contribution in [3.63, 3.8) is 0 Å². The number of rotatable bonds is 3. The van der Waals surface area contributed by atoms with Gasteiger partial charge in [0.1, 0.15) is 0 Å². The molecule has 0 saturated carbocycles. The topological polar surface area (TPSA) is 54.7 Å². The van der Waals surface area contributed by atoms with E-state index in [-0.39, 0.29) is 24.0 Å². The first kappa shape index (κ1) is 21.1. The van der Waals surface area contributed by atoms with Crippen molar-refractivity contribution in [1.29, 1.82) is 0 Å². The predicted octanol–water partition coefficient (Wildman–Crippen LogP) is 3.29. The molecule has 1 N–H and O–H groups in total. The third-order valence-corrected chi connectivity index (χ3v) is 6.00. The van der Waals surface area contributed by atoms with Crippen LogP contribution in [0.2, 0.25) is 0 Å². The molecule has 4 rings (SSSR count). The number of halogens is 1. The van der Waals surface area contributed by atoms with Crippen molar-refractivity contribution in [1.82, 2.24) is 20.0 Å². The number of likely N-dealkylation sites (tertiary alicyclic amines) is 1. The van der Waals surface area contributed by atoms with Crippen LogP contribution in [-0.4, -0.2) is 54.0 Å². The van der Waals surface area contributed by atoms with Crippen LogP contribution < -0.4 is 5.32 Å². The Labute approximate surface area is 184 Å². The molecule has 2 aromatic rings. The highest BCUT2D eigenvalue weighted by Gasteiger charge is 2.42. The lowest BCUT2D eigenvalue weighted by molar-refractivity contribution is 0.156. The zero-order valence-corrected chi connectivity index (χ0v) is 19.3. The Balaban J connectivity index is 0.00000225. The number of guanidine groups is 1. The second-order valence-corrected chi connectivity index (χ2v) is 7.77. The van der Waals surface area contributed by atoms with E-state index in [0.717, 1.165) is 50.2 Å². The molecule has 6 nitrogen and oxygen atoms in total. The largest absolute Gasteiger partial charge is 0.381 e. The molecule has 1 aromatic heterocycles. The Kier molecular flexibility index (Phi) is 6.65. The molecule has 28 heavy (non-hydrogen) atoms. The van der Waals surface area contributed by atoms with Gasteiger partial charge in [-0.15, -0.1) is 24.0 Å². The third kappa shape index (κ3) is 4.05. The zero-order valence-electron chi connectivity index (χ0n) is 16.9. The molecule has 1 aromatic carbocycles. The van der Waals surface area contributed by atoms with Gasteiger partial charge in [-0.3, -0.25) is 4.99 Å². The van der Waals surface area contributed by atoms with Crippen molar-refractivity contribution in [2.75, 3.05) is 33.4 Å². The second kappa shape index (κ2) is 8.82. The van der Waals surface area contributed by atoms with E-state index in [1.807, 2.05) is 29.9 Å². The number of para-hydroxylation sites is 1. The lowest BCUT2D eigenvalue weighted by atomic mass is 9.87. The molecular formula is C21H30IN5O. The van der Waals surface area contributed by atoms with E-state index < -0.39 is 0 Å². The first-order valence-corrected chi connectivity index (χ1v) is 9.76. The molecule has 2 saturated heterocycles. The van der Waals surface area contributed by atoms with E-state index in [2.05, 4.69) is 41.2 Å². The predicted molar refractivity (Wildman–Crippen MR) is 123 cm³/mol. The van der Waals surface area contributed by atoms with Crippen molar-refractivity contribution < 1.29 is 4.74 Å². The zero-order chi connectivity index (χ0) is 18.9. The van der Waals surface area contributed by atoms with Crippen molar-refractivity contribution >= 4 is 29.9 Å². The normalized spacial score (nSPS) is 22.0. The highest BCUT2D eigenvalue weighted by atomic mass is 127. The summed E-state index contributed by atoms with van der Waals surface area (Å²) in [4.78, 5) is 6.90. The van der Waals surface area contributed by atoms with Crippen LogP contribution in [0.1, 0.15) is 29.8 Å². The molecule has 1 unspecified atom stereocenters. The Morgan fingerprint density at radius 3 is 2.71 bits per heavy atom. The van der Waals surface area contributed by atoms with Gasteiger partial charge in [0.25, 0.3) is 0 Å². The fraction of sp³-hybridized carbons (Fsp3) is 0.524. The Bertz CT molecular complexity index is 827. The molecule has 0 aliphatic carbocycles. The fourth-order valence-corrected chi connectivity index (χ4v) is 4.34. The number of nitrogens with zero attached hydrogens (tertiary/aromatic N) is 4. The van der Waals surface area contributed by atoms with E-state index in [1.54, 1.807) is 0 Å². The molecule has 0 bridgehead atoms. The minimum atomic E-state index is 0. The van der Waals surface area contributed by atoms with Gasteiger partial charge in [0, 0.05) is 50.0 Å². The molecule has 2 aliphatic rings. The van der Waals surface area contributed by atoms with Gasteiger partial charge >= 0.3 is 0 Å². The molecule has 7 heteroatoms. The maximum absolute atomic E-state index is 5.65. The van der Waals surface area contributed by atoms with Crippen LogP contribution in [0.5, 0.6) is 0 Å². The molecule has 0 radical (unpaired) electrons. The first-order valence-electron chi connectivity index (χ1n) is 9.76. The monoisotopic (exact) mass is 495 g/mol. The van der Waals surface area contributed by atoms with Crippen LogP contribution in [0.15, 0.2) is 35.3 Å². The minimum absolute atomic E-state index is 0. The van der Waals surface area contributed by atoms with Gasteiger partial charge in [-0.05, 0) is 38.8 Å². The number of hydrogen-bond acceptors (Lipinski definition) is 3. The highest BCUT2D eigenvalue weighted by molar-refractivity contribution is 14.0. The summed E-state index contributed by atoms with van der Waals surface area (Å²) in [6, 6.07) is 10.3. The van der Waals surface area contributed by atoms with E-state index >= 15 is 0 Å². The summed E-state index contributed by atoms with van der Waals surface area (Å²) in [6.45, 7) is 8.81. The molecule has 1 atom stereocenters. The summed E-state index contributed by atoms with van der Waals surface area (Å²) in [5.41, 5.74) is 4.89. The van der Waals surface area contributed by atoms with Crippen LogP contribution in [0.25, 0.3) is 5.69 Å². The van der Waals surface area contributed by atoms with E-state index in [0.29, 0.717) is 5.41 Å². The van der Waals surface area contributed by atoms with Crippen molar-refractivity contribution in [2.24, 2.45) is 10.4 Å². The van der Waals surface area contributed by atoms with Crippen LogP contribution in [0, 0.1) is 19.3 Å². The first-order chi connectivity index (χ1) is 13.1. The number of benzene rings is 1. The van der Waals surface area contributed by atoms with Crippen molar-refractivity contribution in [2.45, 2.75) is 33.2 Å². The molecule has 3 heterocycles. The van der Waals surface area contributed by atoms with Gasteiger partial charge in [0.2, 0.25) is 0 Å². The van der Waals surface area contributed by atoms with E-state index in [4.69, 9.17) is 9.84 Å². The maximum Gasteiger partial charge on any atom is 0.193 e. The van der Waals surface area contributed by atoms with Gasteiger partial charge < -0.3 is 15.0 Å². The smallest absolute Gasteiger partial charge is 0.193 e. The number of aliphatic imine (C=N–C) groups is 1. The number of aryl methyl sites for hydroxylation is 1. The fourth-order valence-electron chi connectivity index (χ4n) is 4.34. The lowest BCUT2D eigenvalue weighted by Gasteiger charge is -2.25. The second-order valence-electron chi connectivity index (χ2n) is 7.77. The summed E-state index contributed by atoms with van der Waals surface area (Å²) in [5, 5.41) is 8.31. The third-order valence-electron chi connectivity index (χ3n) is 6.00. The summed E-state index contributed by atoms with van der Waals surface area (Å²) in [5.74, 6) is 0.977. The van der Waals surface area contributed by atoms with Crippen LogP contribution in [-0.2, 0) is 11.3 Å². The van der Waals surface area contributed by atoms with Crippen LogP contribution in [0.4, 0.5) is 0 Å². The number of aromatic nitrogens is 2. The van der Waals surface area contributed by atoms with E-state index in [9.17, 15) is 0 Å². The molecule has 0 amide bonds. The summed E-state index contributed by atoms with van der Waals surface area (Å²) >= 11 is 0. The van der Waals surface area contributed by atoms with E-state index in [1.165, 1.54) is 24.1 Å². The summed E-state index contributed by atoms with van der Waals surface area (Å²) in [6.07, 6.45) is 2.36. The van der Waals surface area contributed by atoms with Crippen LogP contribution in [0.3, 0.4) is 0 Å². The molecular weight excluding hydrogens is 465 g/mol. The van der Waals surface area contributed by atoms with Crippen molar-refractivity contribution in [3.8, 4) is 5.69 Å².